The number of amidine groups is 1. The Morgan fingerprint density at radius 2 is 1.44 bits per heavy atom. The van der Waals surface area contributed by atoms with Crippen molar-refractivity contribution in [2.24, 2.45) is 11.1 Å². The van der Waals surface area contributed by atoms with Gasteiger partial charge in [-0.3, -0.25) is 15.0 Å². The van der Waals surface area contributed by atoms with Gasteiger partial charge in [-0.05, 0) is 65.9 Å². The van der Waals surface area contributed by atoms with Crippen molar-refractivity contribution in [3.63, 3.8) is 0 Å². The first-order chi connectivity index (χ1) is 16.9. The molecule has 0 bridgehead atoms. The van der Waals surface area contributed by atoms with E-state index in [1.807, 2.05) is 27.7 Å². The number of amides is 2. The fourth-order valence-corrected chi connectivity index (χ4v) is 3.44. The zero-order chi connectivity index (χ0) is 26.6. The maximum Gasteiger partial charge on any atom is 0.336 e. The van der Waals surface area contributed by atoms with Gasteiger partial charge in [-0.2, -0.15) is 0 Å². The lowest BCUT2D eigenvalue weighted by Gasteiger charge is -2.28. The van der Waals surface area contributed by atoms with Gasteiger partial charge in [-0.15, -0.1) is 0 Å². The number of carboxylic acid groups (broad SMARTS) is 1. The summed E-state index contributed by atoms with van der Waals surface area (Å²) in [5.74, 6) is -2.09. The van der Waals surface area contributed by atoms with Crippen LogP contribution in [0.15, 0.2) is 66.7 Å². The van der Waals surface area contributed by atoms with Crippen LogP contribution in [0.3, 0.4) is 0 Å². The highest BCUT2D eigenvalue weighted by Crippen LogP contribution is 2.29. The number of nitrogen functional groups attached to an aromatic ring is 1. The van der Waals surface area contributed by atoms with Crippen LogP contribution in [0.2, 0.25) is 0 Å². The number of hydrogen-bond donors (Lipinski definition) is 5. The first-order valence-electron chi connectivity index (χ1n) is 11.4. The first kappa shape index (κ1) is 26.2. The molecule has 0 unspecified atom stereocenters. The third-order valence-electron chi connectivity index (χ3n) is 6.07. The molecular formula is C28H30N4O4. The minimum Gasteiger partial charge on any atom is -0.478 e. The molecule has 0 radical (unpaired) electrons. The van der Waals surface area contributed by atoms with Crippen LogP contribution in [-0.4, -0.2) is 34.8 Å². The van der Waals surface area contributed by atoms with Crippen LogP contribution in [0.25, 0.3) is 11.1 Å². The van der Waals surface area contributed by atoms with Gasteiger partial charge >= 0.3 is 5.97 Å². The highest BCUT2D eigenvalue weighted by atomic mass is 16.4. The number of carboxylic acids is 1. The van der Waals surface area contributed by atoms with Gasteiger partial charge in [0.05, 0.1) is 5.56 Å². The fraction of sp³-hybridized carbons (Fsp3) is 0.214. The third-order valence-corrected chi connectivity index (χ3v) is 6.07. The lowest BCUT2D eigenvalue weighted by atomic mass is 9.88. The van der Waals surface area contributed by atoms with Gasteiger partial charge in [0.15, 0.2) is 0 Å². The second-order valence-electron chi connectivity index (χ2n) is 9.62. The molecule has 0 aliphatic rings. The monoisotopic (exact) mass is 486 g/mol. The molecule has 6 N–H and O–H groups in total. The van der Waals surface area contributed by atoms with Crippen molar-refractivity contribution in [2.45, 2.75) is 33.7 Å². The molecule has 0 aliphatic heterocycles. The Bertz CT molecular complexity index is 1320. The molecule has 1 atom stereocenters. The Balaban J connectivity index is 1.95. The van der Waals surface area contributed by atoms with Gasteiger partial charge in [0, 0.05) is 28.4 Å². The Kier molecular flexibility index (Phi) is 7.58. The van der Waals surface area contributed by atoms with E-state index < -0.39 is 11.9 Å². The lowest BCUT2D eigenvalue weighted by molar-refractivity contribution is 0.0697. The van der Waals surface area contributed by atoms with E-state index in [0.717, 1.165) is 0 Å². The molecule has 186 valence electrons. The Morgan fingerprint density at radius 1 is 0.861 bits per heavy atom. The van der Waals surface area contributed by atoms with Crippen LogP contribution in [0, 0.1) is 10.8 Å². The molecule has 0 heterocycles. The predicted octanol–water partition coefficient (Wildman–Crippen LogP) is 4.75. The molecule has 0 aromatic heterocycles. The second kappa shape index (κ2) is 10.4. The summed E-state index contributed by atoms with van der Waals surface area (Å²) in [4.78, 5) is 38.0. The summed E-state index contributed by atoms with van der Waals surface area (Å²) in [5, 5.41) is 23.1. The molecule has 2 amide bonds. The molecule has 3 aromatic carbocycles. The average Bonchev–Trinajstić information content (AvgIpc) is 2.83. The summed E-state index contributed by atoms with van der Waals surface area (Å²) in [5.41, 5.74) is 7.49. The molecule has 0 aliphatic carbocycles. The first-order valence-corrected chi connectivity index (χ1v) is 11.4. The number of carbonyl (C=O) groups is 3. The van der Waals surface area contributed by atoms with E-state index >= 15 is 0 Å². The van der Waals surface area contributed by atoms with Gasteiger partial charge in [0.2, 0.25) is 0 Å². The van der Waals surface area contributed by atoms with E-state index in [2.05, 4.69) is 10.6 Å². The zero-order valence-corrected chi connectivity index (χ0v) is 20.7. The molecule has 3 rings (SSSR count). The van der Waals surface area contributed by atoms with Crippen LogP contribution >= 0.6 is 0 Å². The molecule has 0 saturated heterocycles. The minimum absolute atomic E-state index is 0.0792. The summed E-state index contributed by atoms with van der Waals surface area (Å²) in [6.45, 7) is 7.91. The van der Waals surface area contributed by atoms with Crippen LogP contribution in [0.4, 0.5) is 5.69 Å². The van der Waals surface area contributed by atoms with Crippen molar-refractivity contribution < 1.29 is 19.5 Å². The number of anilines is 1. The van der Waals surface area contributed by atoms with E-state index in [9.17, 15) is 19.5 Å². The van der Waals surface area contributed by atoms with E-state index in [-0.39, 0.29) is 39.9 Å². The van der Waals surface area contributed by atoms with Crippen LogP contribution in [0.1, 0.15) is 64.3 Å². The summed E-state index contributed by atoms with van der Waals surface area (Å²) < 4.78 is 0. The summed E-state index contributed by atoms with van der Waals surface area (Å²) in [7, 11) is 0. The van der Waals surface area contributed by atoms with Gasteiger partial charge in [0.25, 0.3) is 11.8 Å². The minimum atomic E-state index is -1.21. The standard InChI is InChI=1S/C28H30N4O4/c1-16(28(2,3)4)31-25(33)18-11-14-21(23(15-18)27(35)36)20-7-5-6-8-22(20)26(34)32-19-12-9-17(10-13-19)24(29)30/h5-16H,1-4H3,(H3,29,30)(H,31,33)(H,32,34)(H,35,36)/t16-/m0/s1. The topological polar surface area (TPSA) is 145 Å². The highest BCUT2D eigenvalue weighted by Gasteiger charge is 2.24. The Labute approximate surface area is 210 Å². The second-order valence-corrected chi connectivity index (χ2v) is 9.62. The van der Waals surface area contributed by atoms with Gasteiger partial charge in [0.1, 0.15) is 5.84 Å². The van der Waals surface area contributed by atoms with Gasteiger partial charge in [-0.25, -0.2) is 4.79 Å². The normalized spacial score (nSPS) is 11.9. The van der Waals surface area contributed by atoms with E-state index in [1.54, 1.807) is 60.7 Å². The fourth-order valence-electron chi connectivity index (χ4n) is 3.44. The van der Waals surface area contributed by atoms with Crippen LogP contribution in [-0.2, 0) is 0 Å². The molecule has 3 aromatic rings. The SMILES string of the molecule is C[C@H](NC(=O)c1ccc(-c2ccccc2C(=O)Nc2ccc(C(=N)N)cc2)c(C(=O)O)c1)C(C)(C)C. The van der Waals surface area contributed by atoms with Crippen molar-refractivity contribution >= 4 is 29.3 Å². The molecular weight excluding hydrogens is 456 g/mol. The maximum absolute atomic E-state index is 13.1. The van der Waals surface area contributed by atoms with Crippen molar-refractivity contribution in [1.82, 2.24) is 5.32 Å². The number of nitrogens with two attached hydrogens (primary N) is 1. The Morgan fingerprint density at radius 3 is 2.03 bits per heavy atom. The van der Waals surface area contributed by atoms with Crippen molar-refractivity contribution in [3.8, 4) is 11.1 Å². The summed E-state index contributed by atoms with van der Waals surface area (Å²) in [6.07, 6.45) is 0. The van der Waals surface area contributed by atoms with E-state index in [4.69, 9.17) is 11.1 Å². The van der Waals surface area contributed by atoms with Gasteiger partial charge < -0.3 is 21.5 Å². The number of aromatic carboxylic acids is 1. The molecule has 8 heteroatoms. The zero-order valence-electron chi connectivity index (χ0n) is 20.7. The Hall–Kier alpha value is -4.46. The largest absolute Gasteiger partial charge is 0.478 e. The van der Waals surface area contributed by atoms with Crippen LogP contribution < -0.4 is 16.4 Å². The molecule has 8 nitrogen and oxygen atoms in total. The average molecular weight is 487 g/mol. The molecule has 0 saturated carbocycles. The summed E-state index contributed by atoms with van der Waals surface area (Å²) >= 11 is 0. The number of carbonyl (C=O) groups excluding carboxylic acids is 2. The van der Waals surface area contributed by atoms with Gasteiger partial charge in [-0.1, -0.05) is 45.0 Å². The summed E-state index contributed by atoms with van der Waals surface area (Å²) in [6, 6.07) is 17.5. The lowest BCUT2D eigenvalue weighted by Crippen LogP contribution is -2.41. The van der Waals surface area contributed by atoms with Crippen molar-refractivity contribution in [3.05, 3.63) is 89.0 Å². The number of hydrogen-bond acceptors (Lipinski definition) is 4. The smallest absolute Gasteiger partial charge is 0.336 e. The molecule has 0 fully saturated rings. The number of nitrogens with one attached hydrogen (secondary N) is 3. The molecule has 0 spiro atoms. The predicted molar refractivity (Wildman–Crippen MR) is 141 cm³/mol. The molecule has 36 heavy (non-hydrogen) atoms. The quantitative estimate of drug-likeness (QED) is 0.242. The number of benzene rings is 3. The van der Waals surface area contributed by atoms with Crippen molar-refractivity contribution in [2.75, 3.05) is 5.32 Å². The van der Waals surface area contributed by atoms with Crippen molar-refractivity contribution in [1.29, 1.82) is 5.41 Å². The third kappa shape index (κ3) is 5.96. The van der Waals surface area contributed by atoms with Crippen LogP contribution in [0.5, 0.6) is 0 Å². The highest BCUT2D eigenvalue weighted by molar-refractivity contribution is 6.11. The number of rotatable bonds is 7. The van der Waals surface area contributed by atoms with E-state index in [1.165, 1.54) is 6.07 Å². The maximum atomic E-state index is 13.1. The van der Waals surface area contributed by atoms with E-state index in [0.29, 0.717) is 22.4 Å².